The predicted octanol–water partition coefficient (Wildman–Crippen LogP) is 4.44. The number of fused-ring (bicyclic) bond motifs is 2. The van der Waals surface area contributed by atoms with Gasteiger partial charge in [0.2, 0.25) is 5.91 Å². The zero-order chi connectivity index (χ0) is 28.7. The number of hydrogen-bond donors (Lipinski definition) is 5. The lowest BCUT2D eigenvalue weighted by Crippen LogP contribution is -2.50. The number of halogens is 4. The minimum Gasteiger partial charge on any atom is -0.394 e. The van der Waals surface area contributed by atoms with Gasteiger partial charge in [0.15, 0.2) is 0 Å². The summed E-state index contributed by atoms with van der Waals surface area (Å²) < 4.78 is 14.9. The van der Waals surface area contributed by atoms with Gasteiger partial charge in [0, 0.05) is 29.1 Å². The van der Waals surface area contributed by atoms with Crippen molar-refractivity contribution in [2.75, 3.05) is 11.9 Å². The third kappa shape index (κ3) is 6.33. The second kappa shape index (κ2) is 12.6. The Morgan fingerprint density at radius 2 is 1.85 bits per heavy atom. The van der Waals surface area contributed by atoms with Crippen LogP contribution in [0.1, 0.15) is 51.2 Å². The number of carbonyl (C=O) groups excluding carboxylic acids is 2. The van der Waals surface area contributed by atoms with Crippen LogP contribution in [-0.2, 0) is 21.4 Å². The van der Waals surface area contributed by atoms with Crippen LogP contribution in [0.25, 0.3) is 0 Å². The number of amides is 1. The van der Waals surface area contributed by atoms with E-state index in [4.69, 9.17) is 28.3 Å². The van der Waals surface area contributed by atoms with Crippen molar-refractivity contribution in [2.24, 2.45) is 11.3 Å². The van der Waals surface area contributed by atoms with E-state index < -0.39 is 48.0 Å². The number of carbonyl (C=O) groups is 2. The highest BCUT2D eigenvalue weighted by molar-refractivity contribution is 6.31. The first kappa shape index (κ1) is 32.7. The molecule has 1 saturated heterocycles. The van der Waals surface area contributed by atoms with Gasteiger partial charge in [-0.05, 0) is 60.1 Å². The lowest BCUT2D eigenvalue weighted by Gasteiger charge is -2.37. The molecule has 2 aromatic carbocycles. The van der Waals surface area contributed by atoms with E-state index in [-0.39, 0.29) is 47.4 Å². The van der Waals surface area contributed by atoms with Crippen molar-refractivity contribution in [3.63, 3.8) is 0 Å². The first-order chi connectivity index (χ1) is 18.3. The largest absolute Gasteiger partial charge is 0.394 e. The molecule has 6 atom stereocenters. The average Bonchev–Trinajstić information content (AvgIpc) is 3.31. The molecule has 7 nitrogen and oxygen atoms in total. The summed E-state index contributed by atoms with van der Waals surface area (Å²) in [4.78, 5) is 27.8. The summed E-state index contributed by atoms with van der Waals surface area (Å²) in [5.74, 6) is -1.87. The molecule has 2 aromatic rings. The first-order valence-corrected chi connectivity index (χ1v) is 13.8. The lowest BCUT2D eigenvalue weighted by atomic mass is 9.62. The van der Waals surface area contributed by atoms with E-state index >= 15 is 0 Å². The third-order valence-electron chi connectivity index (χ3n) is 7.87. The molecular formula is C29H36Cl3FN2O5. The molecule has 4 rings (SSSR count). The van der Waals surface area contributed by atoms with Crippen molar-refractivity contribution in [2.45, 2.75) is 76.2 Å². The van der Waals surface area contributed by atoms with Gasteiger partial charge in [0.1, 0.15) is 17.7 Å². The first-order valence-electron chi connectivity index (χ1n) is 13.1. The monoisotopic (exact) mass is 616 g/mol. The fourth-order valence-electron chi connectivity index (χ4n) is 6.15. The summed E-state index contributed by atoms with van der Waals surface area (Å²) in [6, 6.07) is 8.56. The van der Waals surface area contributed by atoms with Gasteiger partial charge in [-0.3, -0.25) is 9.59 Å². The number of nitrogens with one attached hydrogen (secondary N) is 2. The molecule has 0 bridgehead atoms. The van der Waals surface area contributed by atoms with Crippen LogP contribution in [0.15, 0.2) is 36.4 Å². The molecule has 40 heavy (non-hydrogen) atoms. The van der Waals surface area contributed by atoms with Gasteiger partial charge >= 0.3 is 0 Å². The van der Waals surface area contributed by atoms with Gasteiger partial charge in [-0.2, -0.15) is 0 Å². The zero-order valence-electron chi connectivity index (χ0n) is 22.6. The fourth-order valence-corrected chi connectivity index (χ4v) is 6.52. The van der Waals surface area contributed by atoms with Crippen LogP contribution in [0.3, 0.4) is 0 Å². The van der Waals surface area contributed by atoms with Crippen LogP contribution < -0.4 is 10.6 Å². The van der Waals surface area contributed by atoms with Gasteiger partial charge in [-0.15, -0.1) is 12.4 Å². The number of anilines is 1. The summed E-state index contributed by atoms with van der Waals surface area (Å²) in [7, 11) is 0. The number of aliphatic hydroxyl groups is 3. The van der Waals surface area contributed by atoms with Crippen LogP contribution in [-0.4, -0.2) is 57.9 Å². The van der Waals surface area contributed by atoms with Gasteiger partial charge in [-0.1, -0.05) is 56.1 Å². The molecule has 0 aromatic heterocycles. The van der Waals surface area contributed by atoms with Crippen molar-refractivity contribution in [3.05, 3.63) is 63.4 Å². The molecule has 11 heteroatoms. The van der Waals surface area contributed by atoms with E-state index in [1.165, 1.54) is 12.1 Å². The maximum Gasteiger partial charge on any atom is 0.237 e. The van der Waals surface area contributed by atoms with E-state index in [0.717, 1.165) is 5.56 Å². The predicted molar refractivity (Wildman–Crippen MR) is 156 cm³/mol. The van der Waals surface area contributed by atoms with Crippen molar-refractivity contribution >= 4 is 53.0 Å². The average molecular weight is 618 g/mol. The smallest absolute Gasteiger partial charge is 0.237 e. The fraction of sp³-hybridized carbons (Fsp3) is 0.517. The minimum atomic E-state index is -1.36. The van der Waals surface area contributed by atoms with E-state index in [9.17, 15) is 24.2 Å². The Hall–Kier alpha value is -1.78. The second-order valence-corrected chi connectivity index (χ2v) is 12.7. The summed E-state index contributed by atoms with van der Waals surface area (Å²) >= 11 is 12.4. The van der Waals surface area contributed by atoms with Crippen molar-refractivity contribution in [1.29, 1.82) is 0 Å². The standard InChI is InChI=1S/C29H35Cl2FN2O5.ClH/c1-28(2,3)13-25-29(17-11-20(32)19(31)12-21(17)33-27(29)39)18(10-15-5-4-6-16(30)9-15)26(34-25)23(37)8-7-22(36)24(38)14-35;/h4-6,9,11-12,18,22,24-26,34-36,38H,7-8,10,13-14H2,1-3H3,(H,33,39);1H/t18-,22-,24+,25+,26+,29+;/m0./s1. The van der Waals surface area contributed by atoms with Crippen LogP contribution >= 0.6 is 35.6 Å². The quantitative estimate of drug-likeness (QED) is 0.284. The Kier molecular flexibility index (Phi) is 10.3. The van der Waals surface area contributed by atoms with Crippen molar-refractivity contribution in [1.82, 2.24) is 5.32 Å². The zero-order valence-corrected chi connectivity index (χ0v) is 24.9. The van der Waals surface area contributed by atoms with Gasteiger partial charge in [0.25, 0.3) is 0 Å². The van der Waals surface area contributed by atoms with Crippen molar-refractivity contribution in [3.8, 4) is 0 Å². The summed E-state index contributed by atoms with van der Waals surface area (Å²) in [6.45, 7) is 5.47. The maximum absolute atomic E-state index is 14.9. The molecule has 0 saturated carbocycles. The van der Waals surface area contributed by atoms with Crippen LogP contribution in [0.2, 0.25) is 10.0 Å². The Morgan fingerprint density at radius 3 is 2.48 bits per heavy atom. The third-order valence-corrected chi connectivity index (χ3v) is 8.40. The van der Waals surface area contributed by atoms with Gasteiger partial charge < -0.3 is 26.0 Å². The van der Waals surface area contributed by atoms with E-state index in [0.29, 0.717) is 29.1 Å². The highest BCUT2D eigenvalue weighted by Gasteiger charge is 2.65. The topological polar surface area (TPSA) is 119 Å². The molecule has 2 heterocycles. The SMILES string of the molecule is CC(C)(C)C[C@H]1N[C@@H](C(=O)CC[C@H](O)[C@H](O)CO)[C@H](Cc2cccc(Cl)c2)[C@@]12C(=O)Nc1cc(Cl)c(F)cc12.Cl. The highest BCUT2D eigenvalue weighted by Crippen LogP contribution is 2.54. The van der Waals surface area contributed by atoms with Crippen LogP contribution in [0.5, 0.6) is 0 Å². The number of aliphatic hydroxyl groups excluding tert-OH is 3. The molecule has 0 unspecified atom stereocenters. The van der Waals surface area contributed by atoms with Crippen LogP contribution in [0.4, 0.5) is 10.1 Å². The molecular weight excluding hydrogens is 582 g/mol. The number of Topliss-reactive ketones (excluding diaryl/α,β-unsaturated/α-hetero) is 1. The van der Waals surface area contributed by atoms with E-state index in [1.54, 1.807) is 18.2 Å². The molecule has 2 aliphatic rings. The lowest BCUT2D eigenvalue weighted by molar-refractivity contribution is -0.124. The van der Waals surface area contributed by atoms with Crippen LogP contribution in [0, 0.1) is 17.2 Å². The number of hydrogen-bond acceptors (Lipinski definition) is 6. The minimum absolute atomic E-state index is 0. The molecule has 5 N–H and O–H groups in total. The molecule has 1 amide bonds. The molecule has 1 fully saturated rings. The molecule has 0 radical (unpaired) electrons. The van der Waals surface area contributed by atoms with Gasteiger partial charge in [0.05, 0.1) is 29.2 Å². The number of benzene rings is 2. The van der Waals surface area contributed by atoms with E-state index in [1.807, 2.05) is 26.8 Å². The van der Waals surface area contributed by atoms with Crippen molar-refractivity contribution < 1.29 is 29.3 Å². The summed E-state index contributed by atoms with van der Waals surface area (Å²) in [6.07, 6.45) is -2.00. The summed E-state index contributed by atoms with van der Waals surface area (Å²) in [5.41, 5.74) is 0.139. The Labute approximate surface area is 249 Å². The molecule has 1 spiro atoms. The normalized spacial score (nSPS) is 25.3. The number of rotatable bonds is 9. The molecule has 2 aliphatic heterocycles. The Balaban J connectivity index is 0.00000441. The molecule has 220 valence electrons. The highest BCUT2D eigenvalue weighted by atomic mass is 35.5. The van der Waals surface area contributed by atoms with Gasteiger partial charge in [-0.25, -0.2) is 4.39 Å². The summed E-state index contributed by atoms with van der Waals surface area (Å²) in [5, 5.41) is 35.8. The second-order valence-electron chi connectivity index (χ2n) is 11.9. The Morgan fingerprint density at radius 1 is 1.15 bits per heavy atom. The van der Waals surface area contributed by atoms with E-state index in [2.05, 4.69) is 10.6 Å². The maximum atomic E-state index is 14.9. The number of ketones is 1. The molecule has 0 aliphatic carbocycles. The Bertz CT molecular complexity index is 1260.